The van der Waals surface area contributed by atoms with Crippen LogP contribution in [0, 0.1) is 0 Å². The van der Waals surface area contributed by atoms with E-state index in [9.17, 15) is 4.79 Å². The number of carbonyl (C=O) groups excluding carboxylic acids is 1. The number of nitrogens with zero attached hydrogens (tertiary/aromatic N) is 2. The molecule has 2 heterocycles. The number of methoxy groups -OCH3 is 1. The molecule has 1 unspecified atom stereocenters. The Labute approximate surface area is 171 Å². The predicted molar refractivity (Wildman–Crippen MR) is 111 cm³/mol. The second kappa shape index (κ2) is 8.06. The number of aryl methyl sites for hydroxylation is 2. The number of hydrogen-bond donors (Lipinski definition) is 0. The summed E-state index contributed by atoms with van der Waals surface area (Å²) in [5, 5.41) is 0.774. The molecule has 0 bridgehead atoms. The summed E-state index contributed by atoms with van der Waals surface area (Å²) in [6.07, 6.45) is 5.12. The van der Waals surface area contributed by atoms with Crippen molar-refractivity contribution in [3.63, 3.8) is 0 Å². The van der Waals surface area contributed by atoms with E-state index in [1.165, 1.54) is 27.8 Å². The van der Waals surface area contributed by atoms with E-state index in [1.807, 2.05) is 30.2 Å². The van der Waals surface area contributed by atoms with Crippen LogP contribution in [0.2, 0.25) is 5.02 Å². The third kappa shape index (κ3) is 3.59. The smallest absolute Gasteiger partial charge is 0.251 e. The third-order valence-electron chi connectivity index (χ3n) is 5.86. The molecule has 146 valence electrons. The number of aromatic nitrogens is 1. The van der Waals surface area contributed by atoms with Crippen molar-refractivity contribution < 1.29 is 9.53 Å². The molecule has 1 amide bonds. The lowest BCUT2D eigenvalue weighted by Crippen LogP contribution is -2.42. The minimum absolute atomic E-state index is 0.0677. The Morgan fingerprint density at radius 1 is 1.14 bits per heavy atom. The standard InChI is InChI=1S/C23H25ClN2O2/c1-15(28-2)23(27)26-12-9-16(10-13-26)21-20-8-7-19(24)14-18(20)6-5-17-4-3-11-25-22(17)21/h3-4,7-8,11,14-15H,5-6,9-10,12-13H2,1-2H3. The summed E-state index contributed by atoms with van der Waals surface area (Å²) in [6, 6.07) is 10.4. The van der Waals surface area contributed by atoms with Crippen molar-refractivity contribution in [1.82, 2.24) is 9.88 Å². The molecule has 0 spiro atoms. The van der Waals surface area contributed by atoms with Crippen LogP contribution in [0.25, 0.3) is 5.57 Å². The zero-order valence-electron chi connectivity index (χ0n) is 16.4. The molecule has 4 rings (SSSR count). The summed E-state index contributed by atoms with van der Waals surface area (Å²) in [5.74, 6) is 0.0677. The van der Waals surface area contributed by atoms with Gasteiger partial charge in [0.15, 0.2) is 0 Å². The molecular formula is C23H25ClN2O2. The van der Waals surface area contributed by atoms with Crippen LogP contribution in [-0.2, 0) is 22.4 Å². The fraction of sp³-hybridized carbons (Fsp3) is 0.391. The minimum Gasteiger partial charge on any atom is -0.372 e. The zero-order valence-corrected chi connectivity index (χ0v) is 17.1. The second-order valence-electron chi connectivity index (χ2n) is 7.49. The Morgan fingerprint density at radius 3 is 2.64 bits per heavy atom. The van der Waals surface area contributed by atoms with Gasteiger partial charge in [0, 0.05) is 37.0 Å². The summed E-state index contributed by atoms with van der Waals surface area (Å²) in [7, 11) is 1.58. The first-order chi connectivity index (χ1) is 13.6. The Morgan fingerprint density at radius 2 is 1.89 bits per heavy atom. The molecule has 1 saturated heterocycles. The number of piperidine rings is 1. The Hall–Kier alpha value is -2.17. The van der Waals surface area contributed by atoms with Crippen molar-refractivity contribution in [2.45, 2.75) is 38.7 Å². The molecule has 28 heavy (non-hydrogen) atoms. The number of ether oxygens (including phenoxy) is 1. The molecule has 1 fully saturated rings. The van der Waals surface area contributed by atoms with Gasteiger partial charge in [0.2, 0.25) is 0 Å². The van der Waals surface area contributed by atoms with E-state index in [4.69, 9.17) is 21.3 Å². The molecule has 5 heteroatoms. The van der Waals surface area contributed by atoms with Gasteiger partial charge in [-0.2, -0.15) is 0 Å². The zero-order chi connectivity index (χ0) is 19.7. The highest BCUT2D eigenvalue weighted by atomic mass is 35.5. The van der Waals surface area contributed by atoms with Crippen LogP contribution in [0.5, 0.6) is 0 Å². The van der Waals surface area contributed by atoms with Crippen LogP contribution in [-0.4, -0.2) is 42.1 Å². The Kier molecular flexibility index (Phi) is 5.51. The molecule has 0 saturated carbocycles. The first kappa shape index (κ1) is 19.2. The van der Waals surface area contributed by atoms with Crippen molar-refractivity contribution in [3.8, 4) is 0 Å². The lowest BCUT2D eigenvalue weighted by Gasteiger charge is -2.31. The van der Waals surface area contributed by atoms with E-state index >= 15 is 0 Å². The van der Waals surface area contributed by atoms with E-state index in [0.29, 0.717) is 0 Å². The van der Waals surface area contributed by atoms with Crippen molar-refractivity contribution in [1.29, 1.82) is 0 Å². The SMILES string of the molecule is COC(C)C(=O)N1CCC(=C2c3ccc(Cl)cc3CCc3cccnc32)CC1. The van der Waals surface area contributed by atoms with Gasteiger partial charge in [-0.15, -0.1) is 0 Å². The van der Waals surface area contributed by atoms with E-state index in [2.05, 4.69) is 18.2 Å². The van der Waals surface area contributed by atoms with Crippen molar-refractivity contribution >= 4 is 23.1 Å². The highest BCUT2D eigenvalue weighted by Crippen LogP contribution is 2.38. The Bertz CT molecular complexity index is 928. The molecule has 1 aliphatic heterocycles. The van der Waals surface area contributed by atoms with Gasteiger partial charge in [-0.05, 0) is 67.5 Å². The van der Waals surface area contributed by atoms with Crippen molar-refractivity contribution in [3.05, 3.63) is 69.5 Å². The summed E-state index contributed by atoms with van der Waals surface area (Å²) in [5.41, 5.74) is 7.50. The molecular weight excluding hydrogens is 372 g/mol. The van der Waals surface area contributed by atoms with Gasteiger partial charge in [0.25, 0.3) is 5.91 Å². The van der Waals surface area contributed by atoms with Crippen LogP contribution in [0.4, 0.5) is 0 Å². The van der Waals surface area contributed by atoms with Gasteiger partial charge in [0.1, 0.15) is 6.10 Å². The van der Waals surface area contributed by atoms with Gasteiger partial charge in [-0.25, -0.2) is 0 Å². The predicted octanol–water partition coefficient (Wildman–Crippen LogP) is 4.29. The van der Waals surface area contributed by atoms with Crippen LogP contribution in [0.15, 0.2) is 42.1 Å². The molecule has 2 aromatic rings. The van der Waals surface area contributed by atoms with E-state index in [1.54, 1.807) is 7.11 Å². The normalized spacial score (nSPS) is 17.6. The molecule has 4 nitrogen and oxygen atoms in total. The molecule has 1 aromatic carbocycles. The van der Waals surface area contributed by atoms with Gasteiger partial charge >= 0.3 is 0 Å². The van der Waals surface area contributed by atoms with Gasteiger partial charge in [-0.1, -0.05) is 29.3 Å². The van der Waals surface area contributed by atoms with Gasteiger partial charge in [0.05, 0.1) is 5.69 Å². The monoisotopic (exact) mass is 396 g/mol. The lowest BCUT2D eigenvalue weighted by atomic mass is 9.88. The van der Waals surface area contributed by atoms with Crippen LogP contribution in [0.1, 0.15) is 42.1 Å². The molecule has 0 radical (unpaired) electrons. The number of likely N-dealkylation sites (tertiary alicyclic amines) is 1. The van der Waals surface area contributed by atoms with Gasteiger partial charge in [-0.3, -0.25) is 9.78 Å². The number of amides is 1. The van der Waals surface area contributed by atoms with Crippen LogP contribution < -0.4 is 0 Å². The average Bonchev–Trinajstić information content (AvgIpc) is 2.89. The number of pyridine rings is 1. The highest BCUT2D eigenvalue weighted by molar-refractivity contribution is 6.30. The summed E-state index contributed by atoms with van der Waals surface area (Å²) >= 11 is 6.28. The summed E-state index contributed by atoms with van der Waals surface area (Å²) in [4.78, 5) is 19.1. The summed E-state index contributed by atoms with van der Waals surface area (Å²) < 4.78 is 5.20. The molecule has 1 aliphatic carbocycles. The maximum atomic E-state index is 12.5. The van der Waals surface area contributed by atoms with E-state index < -0.39 is 6.10 Å². The van der Waals surface area contributed by atoms with Crippen molar-refractivity contribution in [2.75, 3.05) is 20.2 Å². The number of carbonyl (C=O) groups is 1. The maximum Gasteiger partial charge on any atom is 0.251 e. The number of benzene rings is 1. The quantitative estimate of drug-likeness (QED) is 0.760. The lowest BCUT2D eigenvalue weighted by molar-refractivity contribution is -0.141. The van der Waals surface area contributed by atoms with Gasteiger partial charge < -0.3 is 9.64 Å². The first-order valence-electron chi connectivity index (χ1n) is 9.85. The highest BCUT2D eigenvalue weighted by Gasteiger charge is 2.28. The number of fused-ring (bicyclic) bond motifs is 2. The summed E-state index contributed by atoms with van der Waals surface area (Å²) in [6.45, 7) is 3.24. The number of rotatable bonds is 2. The van der Waals surface area contributed by atoms with Crippen LogP contribution >= 0.6 is 11.6 Å². The number of halogens is 1. The first-order valence-corrected chi connectivity index (χ1v) is 10.2. The van der Waals surface area contributed by atoms with E-state index in [-0.39, 0.29) is 5.91 Å². The average molecular weight is 397 g/mol. The van der Waals surface area contributed by atoms with Crippen molar-refractivity contribution in [2.24, 2.45) is 0 Å². The van der Waals surface area contributed by atoms with E-state index in [0.717, 1.165) is 49.5 Å². The topological polar surface area (TPSA) is 42.4 Å². The maximum absolute atomic E-state index is 12.5. The molecule has 0 N–H and O–H groups in total. The fourth-order valence-electron chi connectivity index (χ4n) is 4.24. The number of hydrogen-bond acceptors (Lipinski definition) is 3. The third-order valence-corrected chi connectivity index (χ3v) is 6.10. The molecule has 1 atom stereocenters. The minimum atomic E-state index is -0.391. The largest absolute Gasteiger partial charge is 0.372 e. The second-order valence-corrected chi connectivity index (χ2v) is 7.93. The molecule has 2 aliphatic rings. The van der Waals surface area contributed by atoms with Crippen LogP contribution in [0.3, 0.4) is 0 Å². The fourth-order valence-corrected chi connectivity index (χ4v) is 4.43. The molecule has 1 aromatic heterocycles. The Balaban J connectivity index is 1.74.